The number of piperazine rings is 1. The van der Waals surface area contributed by atoms with E-state index in [1.54, 1.807) is 12.1 Å². The summed E-state index contributed by atoms with van der Waals surface area (Å²) in [4.78, 5) is 18.7. The lowest BCUT2D eigenvalue weighted by Gasteiger charge is -2.38. The summed E-state index contributed by atoms with van der Waals surface area (Å²) < 4.78 is 0. The van der Waals surface area contributed by atoms with E-state index >= 15 is 0 Å². The van der Waals surface area contributed by atoms with Crippen LogP contribution >= 0.6 is 0 Å². The minimum absolute atomic E-state index is 0.356. The first-order valence-electron chi connectivity index (χ1n) is 10.2. The Balaban J connectivity index is 1.22. The highest BCUT2D eigenvalue weighted by molar-refractivity contribution is 5.87. The van der Waals surface area contributed by atoms with Crippen molar-refractivity contribution in [1.29, 1.82) is 0 Å². The first-order chi connectivity index (χ1) is 13.7. The van der Waals surface area contributed by atoms with Gasteiger partial charge < -0.3 is 5.11 Å². The van der Waals surface area contributed by atoms with Crippen LogP contribution in [0.25, 0.3) is 0 Å². The number of carbonyl (C=O) groups is 1. The summed E-state index contributed by atoms with van der Waals surface area (Å²) in [6.07, 6.45) is 1.27. The van der Waals surface area contributed by atoms with Crippen molar-refractivity contribution in [2.24, 2.45) is 0 Å². The van der Waals surface area contributed by atoms with Gasteiger partial charge in [-0.15, -0.1) is 0 Å². The molecule has 0 spiro atoms. The SMILES string of the molecule is O=C(O)c1ccc(CN2CCN(C3CCN(Cc4ccccc4)C3)CC2)cc1. The Morgan fingerprint density at radius 1 is 0.821 bits per heavy atom. The number of carboxylic acid groups (broad SMARTS) is 1. The van der Waals surface area contributed by atoms with Gasteiger partial charge in [-0.25, -0.2) is 4.79 Å². The van der Waals surface area contributed by atoms with Crippen molar-refractivity contribution in [3.63, 3.8) is 0 Å². The van der Waals surface area contributed by atoms with E-state index in [1.165, 1.54) is 30.6 Å². The number of hydrogen-bond acceptors (Lipinski definition) is 4. The number of nitrogens with zero attached hydrogens (tertiary/aromatic N) is 3. The molecule has 5 nitrogen and oxygen atoms in total. The van der Waals surface area contributed by atoms with Crippen LogP contribution in [0.4, 0.5) is 0 Å². The zero-order valence-electron chi connectivity index (χ0n) is 16.3. The van der Waals surface area contributed by atoms with Crippen molar-refractivity contribution < 1.29 is 9.90 Å². The van der Waals surface area contributed by atoms with Gasteiger partial charge in [0.25, 0.3) is 0 Å². The Morgan fingerprint density at radius 3 is 2.14 bits per heavy atom. The Labute approximate surface area is 167 Å². The second-order valence-electron chi connectivity index (χ2n) is 7.98. The third kappa shape index (κ3) is 4.79. The number of rotatable bonds is 6. The lowest BCUT2D eigenvalue weighted by Crippen LogP contribution is -2.50. The van der Waals surface area contributed by atoms with Gasteiger partial charge in [-0.1, -0.05) is 42.5 Å². The average Bonchev–Trinajstić information content (AvgIpc) is 3.18. The van der Waals surface area contributed by atoms with Crippen LogP contribution in [0.15, 0.2) is 54.6 Å². The molecule has 4 rings (SSSR count). The summed E-state index contributed by atoms with van der Waals surface area (Å²) in [7, 11) is 0. The molecule has 0 saturated carbocycles. The Bertz CT molecular complexity index is 770. The standard InChI is InChI=1S/C23H29N3O2/c27-23(28)21-8-6-20(7-9-21)16-24-12-14-26(15-13-24)22-10-11-25(18-22)17-19-4-2-1-3-5-19/h1-9,22H,10-18H2,(H,27,28). The van der Waals surface area contributed by atoms with Gasteiger partial charge >= 0.3 is 5.97 Å². The number of aromatic carboxylic acids is 1. The fourth-order valence-electron chi connectivity index (χ4n) is 4.39. The number of carboxylic acids is 1. The van der Waals surface area contributed by atoms with Crippen molar-refractivity contribution in [1.82, 2.24) is 14.7 Å². The number of benzene rings is 2. The average molecular weight is 380 g/mol. The molecule has 1 atom stereocenters. The van der Waals surface area contributed by atoms with Crippen LogP contribution in [0.3, 0.4) is 0 Å². The van der Waals surface area contributed by atoms with Gasteiger partial charge in [-0.05, 0) is 29.7 Å². The Kier molecular flexibility index (Phi) is 6.05. The highest BCUT2D eigenvalue weighted by Gasteiger charge is 2.29. The summed E-state index contributed by atoms with van der Waals surface area (Å²) in [5.74, 6) is -0.863. The molecule has 0 amide bonds. The van der Waals surface area contributed by atoms with Crippen molar-refractivity contribution in [2.75, 3.05) is 39.3 Å². The third-order valence-electron chi connectivity index (χ3n) is 6.03. The molecular weight excluding hydrogens is 350 g/mol. The lowest BCUT2D eigenvalue weighted by atomic mass is 10.1. The molecule has 2 heterocycles. The van der Waals surface area contributed by atoms with Crippen LogP contribution in [0.2, 0.25) is 0 Å². The van der Waals surface area contributed by atoms with Gasteiger partial charge in [0.05, 0.1) is 5.56 Å². The summed E-state index contributed by atoms with van der Waals surface area (Å²) in [6, 6.07) is 18.7. The normalized spacial score (nSPS) is 21.8. The van der Waals surface area contributed by atoms with Crippen LogP contribution < -0.4 is 0 Å². The molecule has 2 aromatic rings. The van der Waals surface area contributed by atoms with E-state index in [0.717, 1.165) is 39.3 Å². The van der Waals surface area contributed by atoms with Gasteiger partial charge in [0, 0.05) is 58.4 Å². The molecule has 1 N–H and O–H groups in total. The van der Waals surface area contributed by atoms with E-state index < -0.39 is 5.97 Å². The second kappa shape index (κ2) is 8.86. The monoisotopic (exact) mass is 379 g/mol. The smallest absolute Gasteiger partial charge is 0.335 e. The summed E-state index contributed by atoms with van der Waals surface area (Å²) in [5, 5.41) is 9.01. The molecule has 28 heavy (non-hydrogen) atoms. The zero-order chi connectivity index (χ0) is 19.3. The number of likely N-dealkylation sites (tertiary alicyclic amines) is 1. The van der Waals surface area contributed by atoms with Crippen LogP contribution in [-0.2, 0) is 13.1 Å². The first-order valence-corrected chi connectivity index (χ1v) is 10.2. The second-order valence-corrected chi connectivity index (χ2v) is 7.98. The molecule has 148 valence electrons. The van der Waals surface area contributed by atoms with Crippen LogP contribution in [0.1, 0.15) is 27.9 Å². The summed E-state index contributed by atoms with van der Waals surface area (Å²) in [5.41, 5.74) is 2.95. The maximum Gasteiger partial charge on any atom is 0.335 e. The lowest BCUT2D eigenvalue weighted by molar-refractivity contribution is 0.0697. The highest BCUT2D eigenvalue weighted by Crippen LogP contribution is 2.20. The fourth-order valence-corrected chi connectivity index (χ4v) is 4.39. The van der Waals surface area contributed by atoms with Crippen molar-refractivity contribution in [3.05, 3.63) is 71.3 Å². The maximum atomic E-state index is 11.0. The molecule has 2 aliphatic rings. The summed E-state index contributed by atoms with van der Waals surface area (Å²) >= 11 is 0. The van der Waals surface area contributed by atoms with E-state index in [1.807, 2.05) is 12.1 Å². The molecule has 2 fully saturated rings. The predicted octanol–water partition coefficient (Wildman–Crippen LogP) is 2.78. The van der Waals surface area contributed by atoms with Crippen molar-refractivity contribution in [2.45, 2.75) is 25.6 Å². The van der Waals surface area contributed by atoms with E-state index in [4.69, 9.17) is 5.11 Å². The molecule has 2 aromatic carbocycles. The van der Waals surface area contributed by atoms with Crippen LogP contribution in [-0.4, -0.2) is 71.1 Å². The maximum absolute atomic E-state index is 11.0. The van der Waals surface area contributed by atoms with Crippen LogP contribution in [0.5, 0.6) is 0 Å². The summed E-state index contributed by atoms with van der Waals surface area (Å²) in [6.45, 7) is 8.73. The van der Waals surface area contributed by atoms with Gasteiger partial charge in [0.1, 0.15) is 0 Å². The minimum Gasteiger partial charge on any atom is -0.478 e. The van der Waals surface area contributed by atoms with Crippen molar-refractivity contribution in [3.8, 4) is 0 Å². The quantitative estimate of drug-likeness (QED) is 0.836. The topological polar surface area (TPSA) is 47.0 Å². The minimum atomic E-state index is -0.863. The molecule has 0 aromatic heterocycles. The molecule has 2 aliphatic heterocycles. The fraction of sp³-hybridized carbons (Fsp3) is 0.435. The van der Waals surface area contributed by atoms with Gasteiger partial charge in [-0.2, -0.15) is 0 Å². The molecule has 0 radical (unpaired) electrons. The van der Waals surface area contributed by atoms with Gasteiger partial charge in [-0.3, -0.25) is 14.7 Å². The predicted molar refractivity (Wildman–Crippen MR) is 110 cm³/mol. The Hall–Kier alpha value is -2.21. The van der Waals surface area contributed by atoms with E-state index in [9.17, 15) is 4.79 Å². The third-order valence-corrected chi connectivity index (χ3v) is 6.03. The van der Waals surface area contributed by atoms with Crippen molar-refractivity contribution >= 4 is 5.97 Å². The van der Waals surface area contributed by atoms with E-state index in [2.05, 4.69) is 45.0 Å². The van der Waals surface area contributed by atoms with Gasteiger partial charge in [0.2, 0.25) is 0 Å². The Morgan fingerprint density at radius 2 is 1.46 bits per heavy atom. The zero-order valence-corrected chi connectivity index (χ0v) is 16.3. The van der Waals surface area contributed by atoms with Gasteiger partial charge in [0.15, 0.2) is 0 Å². The highest BCUT2D eigenvalue weighted by atomic mass is 16.4. The molecule has 1 unspecified atom stereocenters. The van der Waals surface area contributed by atoms with Crippen LogP contribution in [0, 0.1) is 0 Å². The number of hydrogen-bond donors (Lipinski definition) is 1. The first kappa shape index (κ1) is 19.1. The molecule has 2 saturated heterocycles. The largest absolute Gasteiger partial charge is 0.478 e. The molecule has 5 heteroatoms. The van der Waals surface area contributed by atoms with E-state index in [0.29, 0.717) is 11.6 Å². The molecular formula is C23H29N3O2. The molecule has 0 bridgehead atoms. The molecule has 0 aliphatic carbocycles. The van der Waals surface area contributed by atoms with E-state index in [-0.39, 0.29) is 0 Å².